The largest absolute Gasteiger partial charge is 0.492 e. The molecule has 33 heavy (non-hydrogen) atoms. The second kappa shape index (κ2) is 11.4. The maximum atomic E-state index is 6.16. The highest BCUT2D eigenvalue weighted by atomic mass is 35.5. The molecule has 0 unspecified atom stereocenters. The zero-order valence-corrected chi connectivity index (χ0v) is 21.6. The molecule has 2 aromatic heterocycles. The van der Waals surface area contributed by atoms with E-state index in [2.05, 4.69) is 58.3 Å². The van der Waals surface area contributed by atoms with E-state index >= 15 is 0 Å². The molecule has 0 atom stereocenters. The Kier molecular flexibility index (Phi) is 8.30. The standard InChI is InChI=1S/C24H24Cl2N4OS2/c1-3-30-22(9-6-12-31-21-11-10-17(25)13-20(21)26)28-29-24(30)33-15-18-14-32-23(27-18)19-8-5-4-7-16(19)2/h4-5,7-8,10-11,13-14H,3,6,9,12,15H2,1-2H3. The average molecular weight is 520 g/mol. The molecule has 5 nitrogen and oxygen atoms in total. The zero-order valence-electron chi connectivity index (χ0n) is 18.4. The van der Waals surface area contributed by atoms with Crippen LogP contribution in [0.25, 0.3) is 10.6 Å². The van der Waals surface area contributed by atoms with Crippen molar-refractivity contribution in [3.8, 4) is 16.3 Å². The summed E-state index contributed by atoms with van der Waals surface area (Å²) in [7, 11) is 0. The Labute approximate surface area is 212 Å². The van der Waals surface area contributed by atoms with Crippen molar-refractivity contribution in [3.63, 3.8) is 0 Å². The first kappa shape index (κ1) is 24.1. The van der Waals surface area contributed by atoms with Gasteiger partial charge < -0.3 is 9.30 Å². The Morgan fingerprint density at radius 2 is 1.97 bits per heavy atom. The highest BCUT2D eigenvalue weighted by Crippen LogP contribution is 2.30. The maximum Gasteiger partial charge on any atom is 0.191 e. The summed E-state index contributed by atoms with van der Waals surface area (Å²) in [6, 6.07) is 13.6. The number of benzene rings is 2. The molecule has 9 heteroatoms. The van der Waals surface area contributed by atoms with Gasteiger partial charge in [-0.15, -0.1) is 21.5 Å². The summed E-state index contributed by atoms with van der Waals surface area (Å²) < 4.78 is 7.95. The molecule has 0 saturated carbocycles. The van der Waals surface area contributed by atoms with E-state index in [0.29, 0.717) is 22.4 Å². The van der Waals surface area contributed by atoms with Crippen LogP contribution in [0.3, 0.4) is 0 Å². The average Bonchev–Trinajstić information content (AvgIpc) is 3.43. The zero-order chi connectivity index (χ0) is 23.2. The summed E-state index contributed by atoms with van der Waals surface area (Å²) in [4.78, 5) is 4.83. The second-order valence-corrected chi connectivity index (χ2v) is 10.1. The number of rotatable bonds is 10. The summed E-state index contributed by atoms with van der Waals surface area (Å²) >= 11 is 15.4. The molecule has 2 heterocycles. The van der Waals surface area contributed by atoms with Crippen LogP contribution in [0.5, 0.6) is 5.75 Å². The number of aryl methyl sites for hydroxylation is 2. The van der Waals surface area contributed by atoms with Crippen molar-refractivity contribution in [1.29, 1.82) is 0 Å². The molecule has 0 radical (unpaired) electrons. The monoisotopic (exact) mass is 518 g/mol. The molecule has 0 spiro atoms. The van der Waals surface area contributed by atoms with Gasteiger partial charge in [-0.2, -0.15) is 0 Å². The van der Waals surface area contributed by atoms with Crippen LogP contribution in [-0.2, 0) is 18.7 Å². The van der Waals surface area contributed by atoms with Gasteiger partial charge >= 0.3 is 0 Å². The summed E-state index contributed by atoms with van der Waals surface area (Å²) in [6.07, 6.45) is 1.59. The molecular formula is C24H24Cl2N4OS2. The van der Waals surface area contributed by atoms with Gasteiger partial charge in [0.25, 0.3) is 0 Å². The highest BCUT2D eigenvalue weighted by molar-refractivity contribution is 7.98. The molecule has 0 aliphatic carbocycles. The van der Waals surface area contributed by atoms with E-state index < -0.39 is 0 Å². The fourth-order valence-corrected chi connectivity index (χ4v) is 5.77. The Balaban J connectivity index is 1.32. The second-order valence-electron chi connectivity index (χ2n) is 7.42. The lowest BCUT2D eigenvalue weighted by Gasteiger charge is -2.09. The van der Waals surface area contributed by atoms with Crippen LogP contribution in [0.4, 0.5) is 0 Å². The molecule has 0 saturated heterocycles. The van der Waals surface area contributed by atoms with E-state index in [1.165, 1.54) is 11.1 Å². The normalized spacial score (nSPS) is 11.2. The molecule has 0 N–H and O–H groups in total. The van der Waals surface area contributed by atoms with Crippen LogP contribution in [0.1, 0.15) is 30.4 Å². The lowest BCUT2D eigenvalue weighted by Crippen LogP contribution is -2.06. The minimum Gasteiger partial charge on any atom is -0.492 e. The van der Waals surface area contributed by atoms with E-state index in [-0.39, 0.29) is 0 Å². The third-order valence-corrected chi connectivity index (χ3v) is 7.54. The maximum absolute atomic E-state index is 6.16. The van der Waals surface area contributed by atoms with Crippen LogP contribution in [0.2, 0.25) is 10.0 Å². The Morgan fingerprint density at radius 3 is 2.76 bits per heavy atom. The summed E-state index contributed by atoms with van der Waals surface area (Å²) in [5.74, 6) is 2.37. The number of hydrogen-bond donors (Lipinski definition) is 0. The summed E-state index contributed by atoms with van der Waals surface area (Å²) in [6.45, 7) is 5.59. The summed E-state index contributed by atoms with van der Waals surface area (Å²) in [5, 5.41) is 14.0. The molecule has 0 amide bonds. The molecule has 0 fully saturated rings. The number of thioether (sulfide) groups is 1. The van der Waals surface area contributed by atoms with E-state index in [4.69, 9.17) is 32.9 Å². The number of halogens is 2. The third kappa shape index (κ3) is 6.09. The van der Waals surface area contributed by atoms with Crippen LogP contribution >= 0.6 is 46.3 Å². The number of thiazole rings is 1. The molecule has 0 aliphatic rings. The van der Waals surface area contributed by atoms with Crippen LogP contribution in [0, 0.1) is 6.92 Å². The topological polar surface area (TPSA) is 52.8 Å². The van der Waals surface area contributed by atoms with Crippen molar-refractivity contribution in [1.82, 2.24) is 19.7 Å². The predicted octanol–water partition coefficient (Wildman–Crippen LogP) is 7.34. The van der Waals surface area contributed by atoms with E-state index in [0.717, 1.165) is 46.8 Å². The number of nitrogens with zero attached hydrogens (tertiary/aromatic N) is 4. The first-order valence-electron chi connectivity index (χ1n) is 10.7. The fraction of sp³-hybridized carbons (Fsp3) is 0.292. The highest BCUT2D eigenvalue weighted by Gasteiger charge is 2.13. The van der Waals surface area contributed by atoms with Gasteiger partial charge in [-0.1, -0.05) is 59.2 Å². The van der Waals surface area contributed by atoms with E-state index in [1.54, 1.807) is 41.3 Å². The van der Waals surface area contributed by atoms with E-state index in [1.807, 2.05) is 0 Å². The van der Waals surface area contributed by atoms with Crippen molar-refractivity contribution in [2.45, 2.75) is 44.1 Å². The van der Waals surface area contributed by atoms with Gasteiger partial charge in [0, 0.05) is 34.7 Å². The van der Waals surface area contributed by atoms with E-state index in [9.17, 15) is 0 Å². The molecule has 2 aromatic carbocycles. The molecular weight excluding hydrogens is 495 g/mol. The van der Waals surface area contributed by atoms with Gasteiger partial charge in [0.05, 0.1) is 17.3 Å². The molecule has 4 rings (SSSR count). The molecule has 172 valence electrons. The first-order chi connectivity index (χ1) is 16.0. The van der Waals surface area contributed by atoms with Gasteiger partial charge in [-0.05, 0) is 44.0 Å². The quantitative estimate of drug-likeness (QED) is 0.162. The van der Waals surface area contributed by atoms with Crippen LogP contribution in [0.15, 0.2) is 53.0 Å². The molecule has 0 aliphatic heterocycles. The SMILES string of the molecule is CCn1c(CCCOc2ccc(Cl)cc2Cl)nnc1SCc1csc(-c2ccccc2C)n1. The fourth-order valence-electron chi connectivity index (χ4n) is 3.38. The third-order valence-electron chi connectivity index (χ3n) is 5.08. The van der Waals surface area contributed by atoms with Crippen molar-refractivity contribution in [2.75, 3.05) is 6.61 Å². The number of aromatic nitrogens is 4. The Morgan fingerprint density at radius 1 is 1.12 bits per heavy atom. The summed E-state index contributed by atoms with van der Waals surface area (Å²) in [5.41, 5.74) is 3.49. The smallest absolute Gasteiger partial charge is 0.191 e. The van der Waals surface area contributed by atoms with Crippen LogP contribution < -0.4 is 4.74 Å². The molecule has 0 bridgehead atoms. The van der Waals surface area contributed by atoms with Crippen molar-refractivity contribution >= 4 is 46.3 Å². The molecule has 4 aromatic rings. The first-order valence-corrected chi connectivity index (χ1v) is 13.3. The minimum absolute atomic E-state index is 0.519. The predicted molar refractivity (Wildman–Crippen MR) is 138 cm³/mol. The van der Waals surface area contributed by atoms with Gasteiger partial charge in [-0.25, -0.2) is 4.98 Å². The lowest BCUT2D eigenvalue weighted by atomic mass is 10.1. The Bertz CT molecular complexity index is 1220. The van der Waals surface area contributed by atoms with Crippen molar-refractivity contribution < 1.29 is 4.74 Å². The van der Waals surface area contributed by atoms with Crippen molar-refractivity contribution in [2.24, 2.45) is 0 Å². The minimum atomic E-state index is 0.519. The van der Waals surface area contributed by atoms with Gasteiger partial charge in [0.1, 0.15) is 16.6 Å². The van der Waals surface area contributed by atoms with Gasteiger partial charge in [0.2, 0.25) is 0 Å². The van der Waals surface area contributed by atoms with Gasteiger partial charge in [0.15, 0.2) is 5.16 Å². The Hall–Kier alpha value is -2.06. The van der Waals surface area contributed by atoms with Crippen LogP contribution in [-0.4, -0.2) is 26.4 Å². The van der Waals surface area contributed by atoms with Crippen molar-refractivity contribution in [3.05, 3.63) is 75.0 Å². The van der Waals surface area contributed by atoms with Gasteiger partial charge in [-0.3, -0.25) is 0 Å². The lowest BCUT2D eigenvalue weighted by molar-refractivity contribution is 0.309. The number of hydrogen-bond acceptors (Lipinski definition) is 6. The number of ether oxygens (including phenoxy) is 1.